The van der Waals surface area contributed by atoms with E-state index in [0.29, 0.717) is 6.54 Å². The van der Waals surface area contributed by atoms with Gasteiger partial charge in [-0.05, 0) is 36.8 Å². The van der Waals surface area contributed by atoms with E-state index >= 15 is 0 Å². The fraction of sp³-hybridized carbons (Fsp3) is 0.200. The minimum Gasteiger partial charge on any atom is -0.508 e. The molecule has 0 aliphatic heterocycles. The van der Waals surface area contributed by atoms with Crippen LogP contribution in [0.3, 0.4) is 0 Å². The molecule has 19 heavy (non-hydrogen) atoms. The zero-order chi connectivity index (χ0) is 13.8. The summed E-state index contributed by atoms with van der Waals surface area (Å²) in [5, 5.41) is 12.4. The third kappa shape index (κ3) is 3.29. The fourth-order valence-corrected chi connectivity index (χ4v) is 1.96. The van der Waals surface area contributed by atoms with Crippen molar-refractivity contribution >= 4 is 0 Å². The van der Waals surface area contributed by atoms with Gasteiger partial charge in [0.15, 0.2) is 0 Å². The van der Waals surface area contributed by atoms with Gasteiger partial charge in [0.1, 0.15) is 17.4 Å². The summed E-state index contributed by atoms with van der Waals surface area (Å²) < 4.78 is 27.1. The number of rotatable bonds is 4. The molecule has 0 saturated carbocycles. The van der Waals surface area contributed by atoms with Crippen LogP contribution in [0.2, 0.25) is 0 Å². The topological polar surface area (TPSA) is 32.3 Å². The molecule has 2 aromatic carbocycles. The van der Waals surface area contributed by atoms with Crippen molar-refractivity contribution in [2.45, 2.75) is 19.5 Å². The van der Waals surface area contributed by atoms with Crippen LogP contribution in [-0.2, 0) is 6.54 Å². The maximum atomic E-state index is 13.6. The Bertz CT molecular complexity index is 552. The summed E-state index contributed by atoms with van der Waals surface area (Å²) in [6, 6.07) is 10.1. The Kier molecular flexibility index (Phi) is 4.12. The lowest BCUT2D eigenvalue weighted by Crippen LogP contribution is -2.20. The molecule has 1 atom stereocenters. The van der Waals surface area contributed by atoms with Crippen LogP contribution in [-0.4, -0.2) is 5.11 Å². The summed E-state index contributed by atoms with van der Waals surface area (Å²) >= 11 is 0. The lowest BCUT2D eigenvalue weighted by atomic mass is 10.1. The van der Waals surface area contributed by atoms with Crippen molar-refractivity contribution < 1.29 is 13.9 Å². The predicted molar refractivity (Wildman–Crippen MR) is 69.7 cm³/mol. The van der Waals surface area contributed by atoms with Gasteiger partial charge < -0.3 is 10.4 Å². The molecule has 1 unspecified atom stereocenters. The monoisotopic (exact) mass is 263 g/mol. The van der Waals surface area contributed by atoms with Crippen molar-refractivity contribution in [2.24, 2.45) is 0 Å². The van der Waals surface area contributed by atoms with E-state index in [-0.39, 0.29) is 11.3 Å². The first-order valence-corrected chi connectivity index (χ1v) is 6.03. The van der Waals surface area contributed by atoms with E-state index in [1.54, 1.807) is 25.1 Å². The van der Waals surface area contributed by atoms with Crippen LogP contribution in [0.15, 0.2) is 42.5 Å². The number of hydrogen-bond donors (Lipinski definition) is 2. The molecule has 0 aliphatic rings. The highest BCUT2D eigenvalue weighted by molar-refractivity contribution is 5.27. The smallest absolute Gasteiger partial charge is 0.130 e. The largest absolute Gasteiger partial charge is 0.508 e. The summed E-state index contributed by atoms with van der Waals surface area (Å²) in [6.07, 6.45) is 0. The molecule has 0 fully saturated rings. The zero-order valence-electron chi connectivity index (χ0n) is 10.5. The number of phenols is 1. The highest BCUT2D eigenvalue weighted by Gasteiger charge is 2.15. The molecule has 0 saturated heterocycles. The Labute approximate surface area is 110 Å². The van der Waals surface area contributed by atoms with Crippen molar-refractivity contribution in [3.05, 3.63) is 65.2 Å². The van der Waals surface area contributed by atoms with Gasteiger partial charge in [-0.3, -0.25) is 0 Å². The highest BCUT2D eigenvalue weighted by atomic mass is 19.1. The number of phenolic OH excluding ortho intramolecular Hbond substituents is 1. The molecule has 2 aromatic rings. The van der Waals surface area contributed by atoms with Crippen LogP contribution >= 0.6 is 0 Å². The SMILES string of the molecule is CC(NCc1cccc(O)c1)c1c(F)cccc1F. The lowest BCUT2D eigenvalue weighted by Gasteiger charge is -2.16. The predicted octanol–water partition coefficient (Wildman–Crippen LogP) is 3.52. The second-order valence-electron chi connectivity index (χ2n) is 4.41. The van der Waals surface area contributed by atoms with Gasteiger partial charge in [-0.2, -0.15) is 0 Å². The normalized spacial score (nSPS) is 12.4. The second kappa shape index (κ2) is 5.80. The van der Waals surface area contributed by atoms with Crippen molar-refractivity contribution in [1.29, 1.82) is 0 Å². The molecule has 2 rings (SSSR count). The first-order valence-electron chi connectivity index (χ1n) is 6.03. The number of halogens is 2. The molecular weight excluding hydrogens is 248 g/mol. The molecule has 0 bridgehead atoms. The zero-order valence-corrected chi connectivity index (χ0v) is 10.5. The Morgan fingerprint density at radius 1 is 1.11 bits per heavy atom. The van der Waals surface area contributed by atoms with E-state index in [1.807, 2.05) is 6.07 Å². The van der Waals surface area contributed by atoms with Crippen molar-refractivity contribution in [3.8, 4) is 5.75 Å². The molecule has 0 heterocycles. The summed E-state index contributed by atoms with van der Waals surface area (Å²) in [5.74, 6) is -0.948. The number of benzene rings is 2. The number of aromatic hydroxyl groups is 1. The lowest BCUT2D eigenvalue weighted by molar-refractivity contribution is 0.470. The van der Waals surface area contributed by atoms with Gasteiger partial charge in [0.05, 0.1) is 0 Å². The molecule has 0 aliphatic carbocycles. The minimum absolute atomic E-state index is 0.0302. The number of nitrogens with one attached hydrogen (secondary N) is 1. The molecule has 2 nitrogen and oxygen atoms in total. The summed E-state index contributed by atoms with van der Waals surface area (Å²) in [4.78, 5) is 0. The van der Waals surface area contributed by atoms with Gasteiger partial charge >= 0.3 is 0 Å². The summed E-state index contributed by atoms with van der Waals surface area (Å²) in [7, 11) is 0. The molecule has 0 aromatic heterocycles. The average molecular weight is 263 g/mol. The minimum atomic E-state index is -0.559. The van der Waals surface area contributed by atoms with Gasteiger partial charge in [-0.1, -0.05) is 18.2 Å². The van der Waals surface area contributed by atoms with E-state index in [0.717, 1.165) is 5.56 Å². The first kappa shape index (κ1) is 13.5. The fourth-order valence-electron chi connectivity index (χ4n) is 1.96. The first-order chi connectivity index (χ1) is 9.08. The Hall–Kier alpha value is -1.94. The van der Waals surface area contributed by atoms with Gasteiger partial charge in [-0.15, -0.1) is 0 Å². The Balaban J connectivity index is 2.07. The highest BCUT2D eigenvalue weighted by Crippen LogP contribution is 2.21. The Morgan fingerprint density at radius 2 is 1.74 bits per heavy atom. The maximum Gasteiger partial charge on any atom is 0.130 e. The van der Waals surface area contributed by atoms with Crippen LogP contribution in [0.25, 0.3) is 0 Å². The van der Waals surface area contributed by atoms with E-state index in [9.17, 15) is 13.9 Å². The van der Waals surface area contributed by atoms with Crippen LogP contribution in [0, 0.1) is 11.6 Å². The van der Waals surface area contributed by atoms with E-state index in [1.165, 1.54) is 18.2 Å². The molecule has 100 valence electrons. The van der Waals surface area contributed by atoms with Crippen molar-refractivity contribution in [3.63, 3.8) is 0 Å². The molecule has 0 spiro atoms. The van der Waals surface area contributed by atoms with Crippen LogP contribution in [0.4, 0.5) is 8.78 Å². The molecular formula is C15H15F2NO. The second-order valence-corrected chi connectivity index (χ2v) is 4.41. The van der Waals surface area contributed by atoms with Crippen molar-refractivity contribution in [1.82, 2.24) is 5.32 Å². The standard InChI is InChI=1S/C15H15F2NO/c1-10(15-13(16)6-3-7-14(15)17)18-9-11-4-2-5-12(19)8-11/h2-8,10,18-19H,9H2,1H3. The van der Waals surface area contributed by atoms with Gasteiger partial charge in [-0.25, -0.2) is 8.78 Å². The maximum absolute atomic E-state index is 13.6. The molecule has 0 amide bonds. The van der Waals surface area contributed by atoms with Crippen LogP contribution < -0.4 is 5.32 Å². The van der Waals surface area contributed by atoms with Crippen LogP contribution in [0.5, 0.6) is 5.75 Å². The number of hydrogen-bond acceptors (Lipinski definition) is 2. The molecule has 2 N–H and O–H groups in total. The van der Waals surface area contributed by atoms with Gasteiger partial charge in [0.2, 0.25) is 0 Å². The summed E-state index contributed by atoms with van der Waals surface area (Å²) in [6.45, 7) is 2.12. The average Bonchev–Trinajstić information content (AvgIpc) is 2.36. The third-order valence-electron chi connectivity index (χ3n) is 2.96. The Morgan fingerprint density at radius 3 is 2.37 bits per heavy atom. The molecule has 0 radical (unpaired) electrons. The van der Waals surface area contributed by atoms with Gasteiger partial charge in [0, 0.05) is 18.2 Å². The molecule has 4 heteroatoms. The quantitative estimate of drug-likeness (QED) is 0.884. The van der Waals surface area contributed by atoms with E-state index < -0.39 is 17.7 Å². The van der Waals surface area contributed by atoms with Gasteiger partial charge in [0.25, 0.3) is 0 Å². The summed E-state index contributed by atoms with van der Waals surface area (Å²) in [5.41, 5.74) is 0.881. The third-order valence-corrected chi connectivity index (χ3v) is 2.96. The van der Waals surface area contributed by atoms with E-state index in [2.05, 4.69) is 5.32 Å². The van der Waals surface area contributed by atoms with Crippen LogP contribution in [0.1, 0.15) is 24.1 Å². The van der Waals surface area contributed by atoms with Crippen molar-refractivity contribution in [2.75, 3.05) is 0 Å². The van der Waals surface area contributed by atoms with E-state index in [4.69, 9.17) is 0 Å².